The molecule has 0 saturated carbocycles. The van der Waals surface area contributed by atoms with E-state index in [9.17, 15) is 0 Å². The maximum atomic E-state index is 5.40. The van der Waals surface area contributed by atoms with Crippen LogP contribution in [-0.2, 0) is 6.42 Å². The summed E-state index contributed by atoms with van der Waals surface area (Å²) in [5.74, 6) is 6.04. The standard InChI is InChI=1S/C10H13N5OS/c1-3-7-8(15-11)12-5-13-9(7)17-10-14-6(2)4-16-10/h4-5H,3,11H2,1-2H3,(H,12,13,15). The quantitative estimate of drug-likeness (QED) is 0.486. The Hall–Kier alpha value is -1.60. The van der Waals surface area contributed by atoms with Crippen LogP contribution < -0.4 is 11.3 Å². The van der Waals surface area contributed by atoms with Crippen LogP contribution in [0.3, 0.4) is 0 Å². The number of nitrogens with zero attached hydrogens (tertiary/aromatic N) is 3. The monoisotopic (exact) mass is 251 g/mol. The van der Waals surface area contributed by atoms with E-state index >= 15 is 0 Å². The Morgan fingerprint density at radius 3 is 2.88 bits per heavy atom. The van der Waals surface area contributed by atoms with Crippen LogP contribution in [0.4, 0.5) is 5.82 Å². The molecule has 0 aliphatic rings. The number of anilines is 1. The molecular formula is C10H13N5OS. The molecule has 3 N–H and O–H groups in total. The van der Waals surface area contributed by atoms with Crippen molar-refractivity contribution < 1.29 is 4.42 Å². The Morgan fingerprint density at radius 1 is 1.47 bits per heavy atom. The van der Waals surface area contributed by atoms with Crippen LogP contribution in [0.1, 0.15) is 18.2 Å². The number of hydrogen-bond acceptors (Lipinski definition) is 7. The molecule has 0 spiro atoms. The van der Waals surface area contributed by atoms with Crippen LogP contribution in [0, 0.1) is 6.92 Å². The van der Waals surface area contributed by atoms with Gasteiger partial charge < -0.3 is 9.84 Å². The SMILES string of the molecule is CCc1c(NN)ncnc1Sc1nc(C)co1. The summed E-state index contributed by atoms with van der Waals surface area (Å²) in [6.07, 6.45) is 3.85. The highest BCUT2D eigenvalue weighted by atomic mass is 32.2. The van der Waals surface area contributed by atoms with E-state index in [1.54, 1.807) is 6.26 Å². The molecule has 2 aromatic rings. The second-order valence-electron chi connectivity index (χ2n) is 3.36. The number of rotatable bonds is 4. The summed E-state index contributed by atoms with van der Waals surface area (Å²) in [5.41, 5.74) is 4.36. The minimum Gasteiger partial charge on any atom is -0.439 e. The van der Waals surface area contributed by atoms with Crippen molar-refractivity contribution in [2.75, 3.05) is 5.43 Å². The number of hydrazine groups is 1. The molecule has 0 aromatic carbocycles. The van der Waals surface area contributed by atoms with Gasteiger partial charge in [-0.1, -0.05) is 6.92 Å². The van der Waals surface area contributed by atoms with Crippen molar-refractivity contribution in [3.05, 3.63) is 23.8 Å². The van der Waals surface area contributed by atoms with Gasteiger partial charge in [0.15, 0.2) is 0 Å². The molecule has 17 heavy (non-hydrogen) atoms. The molecule has 0 fully saturated rings. The summed E-state index contributed by atoms with van der Waals surface area (Å²) in [6.45, 7) is 3.89. The number of nitrogen functional groups attached to an aromatic ring is 1. The van der Waals surface area contributed by atoms with Gasteiger partial charge in [-0.3, -0.25) is 0 Å². The summed E-state index contributed by atoms with van der Waals surface area (Å²) >= 11 is 1.36. The molecule has 2 rings (SSSR count). The van der Waals surface area contributed by atoms with Gasteiger partial charge in [-0.05, 0) is 25.1 Å². The van der Waals surface area contributed by atoms with Gasteiger partial charge in [0.1, 0.15) is 23.4 Å². The van der Waals surface area contributed by atoms with E-state index in [1.807, 2.05) is 13.8 Å². The van der Waals surface area contributed by atoms with E-state index in [1.165, 1.54) is 18.1 Å². The summed E-state index contributed by atoms with van der Waals surface area (Å²) in [7, 11) is 0. The second kappa shape index (κ2) is 5.15. The van der Waals surface area contributed by atoms with Gasteiger partial charge in [-0.2, -0.15) is 0 Å². The third kappa shape index (κ3) is 2.56. The molecule has 0 unspecified atom stereocenters. The lowest BCUT2D eigenvalue weighted by Crippen LogP contribution is -2.12. The Morgan fingerprint density at radius 2 is 2.29 bits per heavy atom. The van der Waals surface area contributed by atoms with Gasteiger partial charge in [0.2, 0.25) is 0 Å². The average Bonchev–Trinajstić information content (AvgIpc) is 2.74. The van der Waals surface area contributed by atoms with Crippen LogP contribution in [0.15, 0.2) is 27.3 Å². The number of nitrogens with two attached hydrogens (primary N) is 1. The lowest BCUT2D eigenvalue weighted by atomic mass is 10.2. The Bertz CT molecular complexity index is 513. The zero-order valence-electron chi connectivity index (χ0n) is 9.60. The molecule has 6 nitrogen and oxygen atoms in total. The van der Waals surface area contributed by atoms with Gasteiger partial charge in [-0.15, -0.1) is 0 Å². The Labute approximate surface area is 103 Å². The van der Waals surface area contributed by atoms with Gasteiger partial charge >= 0.3 is 0 Å². The molecule has 0 aliphatic heterocycles. The lowest BCUT2D eigenvalue weighted by molar-refractivity contribution is 0.453. The third-order valence-corrected chi connectivity index (χ3v) is 3.09. The first-order valence-corrected chi connectivity index (χ1v) is 5.96. The van der Waals surface area contributed by atoms with Gasteiger partial charge in [-0.25, -0.2) is 20.8 Å². The molecular weight excluding hydrogens is 238 g/mol. The van der Waals surface area contributed by atoms with Gasteiger partial charge in [0.05, 0.1) is 5.69 Å². The molecule has 0 atom stereocenters. The van der Waals surface area contributed by atoms with Crippen molar-refractivity contribution in [2.45, 2.75) is 30.5 Å². The minimum absolute atomic E-state index is 0.568. The molecule has 0 saturated heterocycles. The highest BCUT2D eigenvalue weighted by Gasteiger charge is 2.12. The average molecular weight is 251 g/mol. The first-order chi connectivity index (χ1) is 8.24. The molecule has 90 valence electrons. The highest BCUT2D eigenvalue weighted by Crippen LogP contribution is 2.30. The number of oxazole rings is 1. The predicted molar refractivity (Wildman–Crippen MR) is 64.6 cm³/mol. The number of aryl methyl sites for hydroxylation is 1. The van der Waals surface area contributed by atoms with Crippen molar-refractivity contribution in [2.24, 2.45) is 5.84 Å². The molecule has 0 bridgehead atoms. The third-order valence-electron chi connectivity index (χ3n) is 2.18. The maximum absolute atomic E-state index is 5.40. The van der Waals surface area contributed by atoms with Crippen molar-refractivity contribution in [1.29, 1.82) is 0 Å². The van der Waals surface area contributed by atoms with Crippen molar-refractivity contribution in [3.8, 4) is 0 Å². The fourth-order valence-corrected chi connectivity index (χ4v) is 2.30. The van der Waals surface area contributed by atoms with E-state index in [0.717, 1.165) is 22.7 Å². The normalized spacial score (nSPS) is 10.5. The first kappa shape index (κ1) is 11.9. The van der Waals surface area contributed by atoms with Crippen LogP contribution >= 0.6 is 11.8 Å². The second-order valence-corrected chi connectivity index (χ2v) is 4.30. The Balaban J connectivity index is 2.32. The van der Waals surface area contributed by atoms with Gasteiger partial charge in [0.25, 0.3) is 5.22 Å². The zero-order valence-corrected chi connectivity index (χ0v) is 10.4. The van der Waals surface area contributed by atoms with E-state index in [4.69, 9.17) is 10.3 Å². The molecule has 2 aromatic heterocycles. The summed E-state index contributed by atoms with van der Waals surface area (Å²) in [4.78, 5) is 12.5. The smallest absolute Gasteiger partial charge is 0.262 e. The maximum Gasteiger partial charge on any atom is 0.262 e. The molecule has 0 radical (unpaired) electrons. The van der Waals surface area contributed by atoms with Crippen LogP contribution in [-0.4, -0.2) is 15.0 Å². The van der Waals surface area contributed by atoms with E-state index < -0.39 is 0 Å². The number of aromatic nitrogens is 3. The molecule has 2 heterocycles. The van der Waals surface area contributed by atoms with Crippen LogP contribution in [0.25, 0.3) is 0 Å². The van der Waals surface area contributed by atoms with E-state index in [-0.39, 0.29) is 0 Å². The predicted octanol–water partition coefficient (Wildman–Crippen LogP) is 1.77. The van der Waals surface area contributed by atoms with Crippen molar-refractivity contribution in [1.82, 2.24) is 15.0 Å². The zero-order chi connectivity index (χ0) is 12.3. The molecule has 0 amide bonds. The van der Waals surface area contributed by atoms with E-state index in [0.29, 0.717) is 11.0 Å². The number of hydrogen-bond donors (Lipinski definition) is 2. The van der Waals surface area contributed by atoms with Gasteiger partial charge in [0, 0.05) is 5.56 Å². The van der Waals surface area contributed by atoms with Crippen LogP contribution in [0.2, 0.25) is 0 Å². The lowest BCUT2D eigenvalue weighted by Gasteiger charge is -2.08. The number of nitrogens with one attached hydrogen (secondary N) is 1. The highest BCUT2D eigenvalue weighted by molar-refractivity contribution is 7.99. The van der Waals surface area contributed by atoms with Crippen molar-refractivity contribution >= 4 is 17.6 Å². The topological polar surface area (TPSA) is 89.9 Å². The van der Waals surface area contributed by atoms with Crippen molar-refractivity contribution in [3.63, 3.8) is 0 Å². The fourth-order valence-electron chi connectivity index (χ4n) is 1.39. The van der Waals surface area contributed by atoms with E-state index in [2.05, 4.69) is 20.4 Å². The largest absolute Gasteiger partial charge is 0.439 e. The summed E-state index contributed by atoms with van der Waals surface area (Å²) in [6, 6.07) is 0. The minimum atomic E-state index is 0.568. The first-order valence-electron chi connectivity index (χ1n) is 5.15. The summed E-state index contributed by atoms with van der Waals surface area (Å²) in [5, 5.41) is 1.37. The molecule has 7 heteroatoms. The van der Waals surface area contributed by atoms with Crippen LogP contribution in [0.5, 0.6) is 0 Å². The Kier molecular flexibility index (Phi) is 3.60. The molecule has 0 aliphatic carbocycles. The fraction of sp³-hybridized carbons (Fsp3) is 0.300. The summed E-state index contributed by atoms with van der Waals surface area (Å²) < 4.78 is 5.28.